The van der Waals surface area contributed by atoms with Crippen LogP contribution in [0.5, 0.6) is 0 Å². The predicted molar refractivity (Wildman–Crippen MR) is 192 cm³/mol. The summed E-state index contributed by atoms with van der Waals surface area (Å²) in [4.78, 5) is 10.1. The van der Waals surface area contributed by atoms with E-state index in [0.717, 1.165) is 33.9 Å². The minimum absolute atomic E-state index is 0.725. The first-order valence-electron chi connectivity index (χ1n) is 15.2. The third kappa shape index (κ3) is 4.40. The van der Waals surface area contributed by atoms with Gasteiger partial charge in [0.05, 0.1) is 11.4 Å². The molecule has 0 atom stereocenters. The molecule has 0 saturated carbocycles. The summed E-state index contributed by atoms with van der Waals surface area (Å²) in [5, 5.41) is 7.85. The predicted octanol–water partition coefficient (Wildman–Crippen LogP) is 11.8. The highest BCUT2D eigenvalue weighted by molar-refractivity contribution is 7.26. The van der Waals surface area contributed by atoms with Gasteiger partial charge in [0.15, 0.2) is 5.82 Å². The summed E-state index contributed by atoms with van der Waals surface area (Å²) in [5.41, 5.74) is 7.39. The molecular weight excluding hydrogens is 565 g/mol. The molecule has 0 N–H and O–H groups in total. The highest BCUT2D eigenvalue weighted by Crippen LogP contribution is 2.45. The van der Waals surface area contributed by atoms with E-state index in [9.17, 15) is 0 Å². The van der Waals surface area contributed by atoms with Crippen molar-refractivity contribution in [1.29, 1.82) is 0 Å². The standard InChI is InChI=1S/C42H26N2S/c1-3-12-28(13-4-1)36-26-37(44-42(43-36)30-14-5-2-6-15-30)32-17-9-16-31(25-32)34-19-10-20-35-40-38(45-41(34)35)24-23-29-22-21-27-11-7-8-18-33(27)39(29)40/h1-26H. The van der Waals surface area contributed by atoms with E-state index in [2.05, 4.69) is 133 Å². The smallest absolute Gasteiger partial charge is 0.160 e. The minimum atomic E-state index is 0.725. The third-order valence-electron chi connectivity index (χ3n) is 8.67. The zero-order chi connectivity index (χ0) is 29.7. The summed E-state index contributed by atoms with van der Waals surface area (Å²) in [7, 11) is 0. The van der Waals surface area contributed by atoms with Crippen LogP contribution in [0, 0.1) is 0 Å². The topological polar surface area (TPSA) is 25.8 Å². The first-order chi connectivity index (χ1) is 22.3. The summed E-state index contributed by atoms with van der Waals surface area (Å²) < 4.78 is 2.62. The summed E-state index contributed by atoms with van der Waals surface area (Å²) in [5.74, 6) is 0.725. The van der Waals surface area contributed by atoms with E-state index in [4.69, 9.17) is 9.97 Å². The van der Waals surface area contributed by atoms with Crippen LogP contribution in [0.25, 0.3) is 86.7 Å². The Morgan fingerprint density at radius 1 is 0.400 bits per heavy atom. The Balaban J connectivity index is 1.24. The van der Waals surface area contributed by atoms with Crippen LogP contribution in [0.15, 0.2) is 158 Å². The van der Waals surface area contributed by atoms with Gasteiger partial charge in [-0.1, -0.05) is 140 Å². The molecule has 0 amide bonds. The second-order valence-electron chi connectivity index (χ2n) is 11.4. The number of hydrogen-bond donors (Lipinski definition) is 0. The number of fused-ring (bicyclic) bond motifs is 7. The molecule has 9 rings (SSSR count). The average Bonchev–Trinajstić information content (AvgIpc) is 3.51. The van der Waals surface area contributed by atoms with Crippen LogP contribution in [-0.4, -0.2) is 9.97 Å². The number of hydrogen-bond acceptors (Lipinski definition) is 3. The molecule has 210 valence electrons. The molecule has 2 aromatic heterocycles. The molecular formula is C42H26N2S. The first-order valence-corrected chi connectivity index (χ1v) is 16.0. The molecule has 0 aliphatic carbocycles. The van der Waals surface area contributed by atoms with Crippen molar-refractivity contribution in [2.45, 2.75) is 0 Å². The van der Waals surface area contributed by atoms with Crippen LogP contribution < -0.4 is 0 Å². The fourth-order valence-corrected chi connectivity index (χ4v) is 7.77. The normalized spacial score (nSPS) is 11.6. The van der Waals surface area contributed by atoms with E-state index >= 15 is 0 Å². The Labute approximate surface area is 264 Å². The Bertz CT molecular complexity index is 2470. The Morgan fingerprint density at radius 2 is 1.02 bits per heavy atom. The van der Waals surface area contributed by atoms with Crippen LogP contribution in [0.2, 0.25) is 0 Å². The molecule has 7 aromatic carbocycles. The molecule has 0 radical (unpaired) electrons. The van der Waals surface area contributed by atoms with Crippen molar-refractivity contribution in [3.63, 3.8) is 0 Å². The van der Waals surface area contributed by atoms with E-state index in [1.54, 1.807) is 0 Å². The van der Waals surface area contributed by atoms with Gasteiger partial charge in [-0.05, 0) is 50.9 Å². The van der Waals surface area contributed by atoms with E-state index in [1.165, 1.54) is 52.8 Å². The largest absolute Gasteiger partial charge is 0.228 e. The molecule has 2 heterocycles. The lowest BCUT2D eigenvalue weighted by Crippen LogP contribution is -1.96. The molecule has 45 heavy (non-hydrogen) atoms. The van der Waals surface area contributed by atoms with Crippen LogP contribution in [0.1, 0.15) is 0 Å². The van der Waals surface area contributed by atoms with Crippen molar-refractivity contribution >= 4 is 53.1 Å². The average molecular weight is 591 g/mol. The van der Waals surface area contributed by atoms with Gasteiger partial charge in [0.1, 0.15) is 0 Å². The Kier molecular flexibility index (Phi) is 6.03. The van der Waals surface area contributed by atoms with Gasteiger partial charge in [-0.25, -0.2) is 9.97 Å². The minimum Gasteiger partial charge on any atom is -0.228 e. The van der Waals surface area contributed by atoms with Crippen LogP contribution in [0.4, 0.5) is 0 Å². The third-order valence-corrected chi connectivity index (χ3v) is 9.87. The van der Waals surface area contributed by atoms with Gasteiger partial charge < -0.3 is 0 Å². The number of benzene rings is 7. The van der Waals surface area contributed by atoms with Gasteiger partial charge in [-0.2, -0.15) is 0 Å². The number of nitrogens with zero attached hydrogens (tertiary/aromatic N) is 2. The summed E-state index contributed by atoms with van der Waals surface area (Å²) >= 11 is 1.88. The Hall–Kier alpha value is -5.64. The molecule has 3 heteroatoms. The fourth-order valence-electron chi connectivity index (χ4n) is 6.53. The monoisotopic (exact) mass is 590 g/mol. The van der Waals surface area contributed by atoms with Crippen molar-refractivity contribution in [1.82, 2.24) is 9.97 Å². The zero-order valence-electron chi connectivity index (χ0n) is 24.3. The molecule has 9 aromatic rings. The van der Waals surface area contributed by atoms with Gasteiger partial charge in [0.2, 0.25) is 0 Å². The summed E-state index contributed by atoms with van der Waals surface area (Å²) in [6.45, 7) is 0. The van der Waals surface area contributed by atoms with Crippen molar-refractivity contribution in [2.75, 3.05) is 0 Å². The van der Waals surface area contributed by atoms with Gasteiger partial charge in [0, 0.05) is 36.9 Å². The lowest BCUT2D eigenvalue weighted by molar-refractivity contribution is 1.18. The lowest BCUT2D eigenvalue weighted by Gasteiger charge is -2.11. The maximum atomic E-state index is 5.09. The molecule has 0 spiro atoms. The highest BCUT2D eigenvalue weighted by atomic mass is 32.1. The van der Waals surface area contributed by atoms with E-state index in [0.29, 0.717) is 0 Å². The van der Waals surface area contributed by atoms with E-state index in [-0.39, 0.29) is 0 Å². The number of aromatic nitrogens is 2. The number of rotatable bonds is 4. The van der Waals surface area contributed by atoms with Gasteiger partial charge in [-0.3, -0.25) is 0 Å². The summed E-state index contributed by atoms with van der Waals surface area (Å²) in [6, 6.07) is 56.0. The molecule has 0 unspecified atom stereocenters. The van der Waals surface area contributed by atoms with Crippen molar-refractivity contribution < 1.29 is 0 Å². The quantitative estimate of drug-likeness (QED) is 0.191. The Morgan fingerprint density at radius 3 is 1.87 bits per heavy atom. The van der Waals surface area contributed by atoms with Crippen LogP contribution in [0.3, 0.4) is 0 Å². The van der Waals surface area contributed by atoms with Gasteiger partial charge in [0.25, 0.3) is 0 Å². The second-order valence-corrected chi connectivity index (χ2v) is 12.4. The van der Waals surface area contributed by atoms with Crippen LogP contribution in [-0.2, 0) is 0 Å². The molecule has 0 bridgehead atoms. The molecule has 2 nitrogen and oxygen atoms in total. The van der Waals surface area contributed by atoms with Crippen LogP contribution >= 0.6 is 11.3 Å². The highest BCUT2D eigenvalue weighted by Gasteiger charge is 2.16. The van der Waals surface area contributed by atoms with Gasteiger partial charge >= 0.3 is 0 Å². The van der Waals surface area contributed by atoms with E-state index in [1.807, 2.05) is 35.6 Å². The van der Waals surface area contributed by atoms with Crippen molar-refractivity contribution in [2.24, 2.45) is 0 Å². The van der Waals surface area contributed by atoms with E-state index < -0.39 is 0 Å². The SMILES string of the molecule is c1ccc(-c2cc(-c3cccc(-c4cccc5c4sc4ccc6ccc7ccccc7c6c45)c3)nc(-c3ccccc3)n2)cc1. The first kappa shape index (κ1) is 25.8. The van der Waals surface area contributed by atoms with Crippen molar-refractivity contribution in [3.8, 4) is 45.0 Å². The lowest BCUT2D eigenvalue weighted by atomic mass is 9.95. The summed E-state index contributed by atoms with van der Waals surface area (Å²) in [6.07, 6.45) is 0. The maximum absolute atomic E-state index is 5.09. The van der Waals surface area contributed by atoms with Crippen molar-refractivity contribution in [3.05, 3.63) is 158 Å². The zero-order valence-corrected chi connectivity index (χ0v) is 25.1. The van der Waals surface area contributed by atoms with Gasteiger partial charge in [-0.15, -0.1) is 11.3 Å². The molecule has 0 aliphatic heterocycles. The molecule has 0 saturated heterocycles. The molecule has 0 fully saturated rings. The molecule has 0 aliphatic rings. The fraction of sp³-hybridized carbons (Fsp3) is 0. The second kappa shape index (κ2) is 10.5. The maximum Gasteiger partial charge on any atom is 0.160 e. The number of thiophene rings is 1.